The lowest BCUT2D eigenvalue weighted by Gasteiger charge is -2.12. The summed E-state index contributed by atoms with van der Waals surface area (Å²) in [4.78, 5) is 14.3. The lowest BCUT2D eigenvalue weighted by Crippen LogP contribution is -2.24. The van der Waals surface area contributed by atoms with Crippen LogP contribution in [0.2, 0.25) is 0 Å². The average Bonchev–Trinajstić information content (AvgIpc) is 2.73. The smallest absolute Gasteiger partial charge is 0.234 e. The van der Waals surface area contributed by atoms with E-state index in [1.807, 2.05) is 56.4 Å². The zero-order valence-corrected chi connectivity index (χ0v) is 14.3. The van der Waals surface area contributed by atoms with Gasteiger partial charge in [-0.3, -0.25) is 4.79 Å². The predicted octanol–water partition coefficient (Wildman–Crippen LogP) is 4.15. The number of nitrogens with zero attached hydrogens (tertiary/aromatic N) is 1. The van der Waals surface area contributed by atoms with Crippen molar-refractivity contribution in [3.8, 4) is 5.75 Å². The Morgan fingerprint density at radius 1 is 1.23 bits per heavy atom. The third-order valence-electron chi connectivity index (χ3n) is 4.00. The normalized spacial score (nSPS) is 16.8. The van der Waals surface area contributed by atoms with Gasteiger partial charge in [0, 0.05) is 17.2 Å². The maximum absolute atomic E-state index is 12.6. The third-order valence-corrected chi connectivity index (χ3v) is 4.50. The van der Waals surface area contributed by atoms with Crippen LogP contribution in [0.4, 0.5) is 5.69 Å². The Hall–Kier alpha value is -1.81. The van der Waals surface area contributed by atoms with E-state index >= 15 is 0 Å². The first-order valence-electron chi connectivity index (χ1n) is 7.39. The molecular weight excluding hydrogens is 342 g/mol. The van der Waals surface area contributed by atoms with Crippen molar-refractivity contribution in [2.24, 2.45) is 0 Å². The van der Waals surface area contributed by atoms with Gasteiger partial charge in [0.2, 0.25) is 5.91 Å². The number of halogens is 1. The summed E-state index contributed by atoms with van der Waals surface area (Å²) in [6, 6.07) is 14.0. The number of fused-ring (bicyclic) bond motifs is 1. The number of likely N-dealkylation sites (N-methyl/N-ethyl adjacent to an activating group) is 1. The van der Waals surface area contributed by atoms with Crippen LogP contribution < -0.4 is 9.64 Å². The van der Waals surface area contributed by atoms with E-state index in [-0.39, 0.29) is 11.8 Å². The fourth-order valence-corrected chi connectivity index (χ4v) is 3.34. The highest BCUT2D eigenvalue weighted by atomic mass is 79.9. The number of amides is 1. The first-order chi connectivity index (χ1) is 10.6. The van der Waals surface area contributed by atoms with E-state index in [0.29, 0.717) is 13.0 Å². The molecule has 0 fully saturated rings. The van der Waals surface area contributed by atoms with Gasteiger partial charge in [-0.2, -0.15) is 0 Å². The van der Waals surface area contributed by atoms with E-state index in [0.717, 1.165) is 27.0 Å². The quantitative estimate of drug-likeness (QED) is 0.820. The van der Waals surface area contributed by atoms with Crippen LogP contribution in [-0.2, 0) is 11.2 Å². The number of carbonyl (C=O) groups is 1. The third kappa shape index (κ3) is 2.75. The molecule has 0 radical (unpaired) electrons. The van der Waals surface area contributed by atoms with Crippen LogP contribution in [0.15, 0.2) is 46.9 Å². The highest BCUT2D eigenvalue weighted by molar-refractivity contribution is 9.10. The van der Waals surface area contributed by atoms with E-state index in [1.165, 1.54) is 0 Å². The van der Waals surface area contributed by atoms with Crippen molar-refractivity contribution >= 4 is 27.5 Å². The number of rotatable bonds is 4. The van der Waals surface area contributed by atoms with Crippen molar-refractivity contribution in [1.82, 2.24) is 0 Å². The molecule has 114 valence electrons. The molecule has 0 aromatic heterocycles. The summed E-state index contributed by atoms with van der Waals surface area (Å²) < 4.78 is 6.55. The molecule has 1 heterocycles. The van der Waals surface area contributed by atoms with Gasteiger partial charge in [-0.25, -0.2) is 0 Å². The lowest BCUT2D eigenvalue weighted by molar-refractivity contribution is -0.119. The summed E-state index contributed by atoms with van der Waals surface area (Å²) in [6.07, 6.45) is 0.688. The second-order valence-electron chi connectivity index (χ2n) is 5.44. The number of benzene rings is 2. The molecule has 0 N–H and O–H groups in total. The Labute approximate surface area is 139 Å². The van der Waals surface area contributed by atoms with Gasteiger partial charge in [0.1, 0.15) is 5.75 Å². The van der Waals surface area contributed by atoms with Gasteiger partial charge in [0.05, 0.1) is 12.5 Å². The Balaban J connectivity index is 1.91. The summed E-state index contributed by atoms with van der Waals surface area (Å²) in [5.41, 5.74) is 3.20. The van der Waals surface area contributed by atoms with Crippen molar-refractivity contribution in [3.05, 3.63) is 58.1 Å². The van der Waals surface area contributed by atoms with E-state index < -0.39 is 0 Å². The van der Waals surface area contributed by atoms with Gasteiger partial charge in [0.25, 0.3) is 0 Å². The van der Waals surface area contributed by atoms with Crippen molar-refractivity contribution in [1.29, 1.82) is 0 Å². The van der Waals surface area contributed by atoms with Crippen LogP contribution in [0.3, 0.4) is 0 Å². The minimum atomic E-state index is -0.130. The van der Waals surface area contributed by atoms with Crippen LogP contribution >= 0.6 is 15.9 Å². The van der Waals surface area contributed by atoms with Gasteiger partial charge in [-0.05, 0) is 54.8 Å². The predicted molar refractivity (Wildman–Crippen MR) is 91.6 cm³/mol. The topological polar surface area (TPSA) is 29.5 Å². The van der Waals surface area contributed by atoms with Gasteiger partial charge in [-0.15, -0.1) is 0 Å². The van der Waals surface area contributed by atoms with E-state index in [9.17, 15) is 4.79 Å². The SMILES string of the molecule is CCOc1cccc(C[C@H]2C(=O)N(C)c3ccc(Br)cc32)c1. The van der Waals surface area contributed by atoms with E-state index in [1.54, 1.807) is 4.90 Å². The van der Waals surface area contributed by atoms with Crippen molar-refractivity contribution in [3.63, 3.8) is 0 Å². The van der Waals surface area contributed by atoms with Crippen LogP contribution in [0.1, 0.15) is 24.0 Å². The molecule has 1 aliphatic heterocycles. The second kappa shape index (κ2) is 6.13. The molecule has 0 saturated carbocycles. The molecule has 1 aliphatic rings. The van der Waals surface area contributed by atoms with Gasteiger partial charge >= 0.3 is 0 Å². The number of anilines is 1. The molecule has 22 heavy (non-hydrogen) atoms. The largest absolute Gasteiger partial charge is 0.494 e. The standard InChI is InChI=1S/C18H18BrNO2/c1-3-22-14-6-4-5-12(9-14)10-16-15-11-13(19)7-8-17(15)20(2)18(16)21/h4-9,11,16H,3,10H2,1-2H3/t16-/m1/s1. The van der Waals surface area contributed by atoms with Gasteiger partial charge in [-0.1, -0.05) is 28.1 Å². The maximum atomic E-state index is 12.6. The first-order valence-corrected chi connectivity index (χ1v) is 8.18. The minimum Gasteiger partial charge on any atom is -0.494 e. The van der Waals surface area contributed by atoms with Crippen LogP contribution in [0, 0.1) is 0 Å². The zero-order chi connectivity index (χ0) is 15.7. The summed E-state index contributed by atoms with van der Waals surface area (Å²) >= 11 is 3.50. The van der Waals surface area contributed by atoms with E-state index in [4.69, 9.17) is 4.74 Å². The summed E-state index contributed by atoms with van der Waals surface area (Å²) in [7, 11) is 1.84. The number of hydrogen-bond donors (Lipinski definition) is 0. The molecule has 0 unspecified atom stereocenters. The molecule has 1 amide bonds. The number of carbonyl (C=O) groups excluding carboxylic acids is 1. The molecule has 0 bridgehead atoms. The van der Waals surface area contributed by atoms with E-state index in [2.05, 4.69) is 15.9 Å². The maximum Gasteiger partial charge on any atom is 0.234 e. The Morgan fingerprint density at radius 3 is 2.82 bits per heavy atom. The van der Waals surface area contributed by atoms with Crippen molar-refractivity contribution in [2.75, 3.05) is 18.6 Å². The van der Waals surface area contributed by atoms with Crippen molar-refractivity contribution in [2.45, 2.75) is 19.3 Å². The Bertz CT molecular complexity index is 714. The summed E-state index contributed by atoms with van der Waals surface area (Å²) in [6.45, 7) is 2.61. The molecule has 0 aliphatic carbocycles. The van der Waals surface area contributed by atoms with Gasteiger partial charge in [0.15, 0.2) is 0 Å². The van der Waals surface area contributed by atoms with Gasteiger partial charge < -0.3 is 9.64 Å². The van der Waals surface area contributed by atoms with Crippen LogP contribution in [0.25, 0.3) is 0 Å². The fraction of sp³-hybridized carbons (Fsp3) is 0.278. The number of hydrogen-bond acceptors (Lipinski definition) is 2. The molecule has 2 aromatic carbocycles. The van der Waals surface area contributed by atoms with Crippen LogP contribution in [0.5, 0.6) is 5.75 Å². The highest BCUT2D eigenvalue weighted by Gasteiger charge is 2.35. The molecule has 3 rings (SSSR count). The highest BCUT2D eigenvalue weighted by Crippen LogP contribution is 2.39. The fourth-order valence-electron chi connectivity index (χ4n) is 2.96. The minimum absolute atomic E-state index is 0.130. The van der Waals surface area contributed by atoms with Crippen molar-refractivity contribution < 1.29 is 9.53 Å². The Morgan fingerprint density at radius 2 is 2.05 bits per heavy atom. The lowest BCUT2D eigenvalue weighted by atomic mass is 9.93. The zero-order valence-electron chi connectivity index (χ0n) is 12.7. The molecule has 3 nitrogen and oxygen atoms in total. The molecule has 0 saturated heterocycles. The first kappa shape index (κ1) is 15.1. The summed E-state index contributed by atoms with van der Waals surface area (Å²) in [5, 5.41) is 0. The second-order valence-corrected chi connectivity index (χ2v) is 6.35. The Kier molecular flexibility index (Phi) is 4.21. The summed E-state index contributed by atoms with van der Waals surface area (Å²) in [5.74, 6) is 0.873. The monoisotopic (exact) mass is 359 g/mol. The molecule has 1 atom stereocenters. The molecule has 0 spiro atoms. The average molecular weight is 360 g/mol. The molecule has 4 heteroatoms. The number of ether oxygens (including phenoxy) is 1. The molecular formula is C18H18BrNO2. The molecule has 2 aromatic rings. The van der Waals surface area contributed by atoms with Crippen LogP contribution in [-0.4, -0.2) is 19.6 Å².